The van der Waals surface area contributed by atoms with Crippen LogP contribution in [0.5, 0.6) is 0 Å². The molecule has 8 heteroatoms. The third-order valence-corrected chi connectivity index (χ3v) is 6.10. The molecule has 1 heterocycles. The third-order valence-electron chi connectivity index (χ3n) is 3.66. The second kappa shape index (κ2) is 9.98. The van der Waals surface area contributed by atoms with Crippen molar-refractivity contribution < 1.29 is 9.59 Å². The number of hydrogen-bond acceptors (Lipinski definition) is 4. The molecule has 144 valence electrons. The molecule has 0 bridgehead atoms. The zero-order valence-electron chi connectivity index (χ0n) is 14.6. The van der Waals surface area contributed by atoms with Gasteiger partial charge in [-0.1, -0.05) is 41.4 Å². The third kappa shape index (κ3) is 6.01. The smallest absolute Gasteiger partial charge is 0.265 e. The number of carbonyl (C=O) groups excluding carboxylic acids is 2. The highest BCUT2D eigenvalue weighted by Gasteiger charge is 2.11. The molecule has 2 aromatic carbocycles. The molecule has 0 saturated heterocycles. The Morgan fingerprint density at radius 2 is 1.79 bits per heavy atom. The van der Waals surface area contributed by atoms with Crippen molar-refractivity contribution in [3.63, 3.8) is 0 Å². The summed E-state index contributed by atoms with van der Waals surface area (Å²) >= 11 is 15.0. The fourth-order valence-corrected chi connectivity index (χ4v) is 4.09. The molecule has 0 saturated carbocycles. The van der Waals surface area contributed by atoms with Crippen molar-refractivity contribution in [3.8, 4) is 0 Å². The Morgan fingerprint density at radius 1 is 1.00 bits per heavy atom. The van der Waals surface area contributed by atoms with E-state index < -0.39 is 0 Å². The number of thioether (sulfide) groups is 1. The van der Waals surface area contributed by atoms with Crippen molar-refractivity contribution in [2.45, 2.75) is 5.75 Å². The average Bonchev–Trinajstić information content (AvgIpc) is 3.20. The number of rotatable bonds is 7. The first kappa shape index (κ1) is 20.7. The van der Waals surface area contributed by atoms with E-state index in [1.807, 2.05) is 35.7 Å². The molecule has 28 heavy (non-hydrogen) atoms. The van der Waals surface area contributed by atoms with E-state index in [-0.39, 0.29) is 11.8 Å². The molecule has 2 N–H and O–H groups in total. The van der Waals surface area contributed by atoms with Crippen molar-refractivity contribution >= 4 is 69.5 Å². The summed E-state index contributed by atoms with van der Waals surface area (Å²) in [6.07, 6.45) is 0. The van der Waals surface area contributed by atoms with E-state index in [1.165, 1.54) is 23.1 Å². The molecule has 4 nitrogen and oxygen atoms in total. The van der Waals surface area contributed by atoms with Crippen LogP contribution in [0.15, 0.2) is 60.0 Å². The van der Waals surface area contributed by atoms with Gasteiger partial charge in [-0.2, -0.15) is 0 Å². The summed E-state index contributed by atoms with van der Waals surface area (Å²) in [6.45, 7) is 0. The first-order chi connectivity index (χ1) is 13.5. The molecular formula is C20H16Cl2N2O2S2. The Bertz CT molecular complexity index is 961. The predicted octanol–water partition coefficient (Wildman–Crippen LogP) is 6.18. The molecule has 0 aliphatic carbocycles. The zero-order valence-corrected chi connectivity index (χ0v) is 17.7. The fourth-order valence-electron chi connectivity index (χ4n) is 2.33. The Balaban J connectivity index is 1.50. The monoisotopic (exact) mass is 450 g/mol. The summed E-state index contributed by atoms with van der Waals surface area (Å²) in [6, 6.07) is 16.1. The summed E-state index contributed by atoms with van der Waals surface area (Å²) < 4.78 is 0. The summed E-state index contributed by atoms with van der Waals surface area (Å²) in [7, 11) is 0. The lowest BCUT2D eigenvalue weighted by Crippen LogP contribution is -2.14. The lowest BCUT2D eigenvalue weighted by molar-refractivity contribution is -0.113. The molecule has 3 aromatic rings. The van der Waals surface area contributed by atoms with Gasteiger partial charge < -0.3 is 10.6 Å². The van der Waals surface area contributed by atoms with E-state index in [0.717, 1.165) is 11.3 Å². The van der Waals surface area contributed by atoms with Crippen LogP contribution in [-0.2, 0) is 10.5 Å². The topological polar surface area (TPSA) is 58.2 Å². The Hall–Kier alpha value is -1.99. The van der Waals surface area contributed by atoms with Crippen LogP contribution in [0.25, 0.3) is 0 Å². The van der Waals surface area contributed by atoms with Crippen molar-refractivity contribution in [2.24, 2.45) is 0 Å². The van der Waals surface area contributed by atoms with E-state index in [4.69, 9.17) is 23.2 Å². The molecule has 0 atom stereocenters. The molecular weight excluding hydrogens is 435 g/mol. The van der Waals surface area contributed by atoms with Crippen LogP contribution in [0.1, 0.15) is 15.2 Å². The standard InChI is InChI=1S/C20H16Cl2N2O2S2/c21-14-5-3-13(4-6-14)11-27-12-19(25)23-15-7-8-17(16(22)10-15)24-20(26)18-2-1-9-28-18/h1-10H,11-12H2,(H,23,25)(H,24,26). The minimum absolute atomic E-state index is 0.120. The highest BCUT2D eigenvalue weighted by atomic mass is 35.5. The predicted molar refractivity (Wildman–Crippen MR) is 120 cm³/mol. The van der Waals surface area contributed by atoms with Crippen LogP contribution in [0.3, 0.4) is 0 Å². The van der Waals surface area contributed by atoms with Gasteiger partial charge in [0.05, 0.1) is 21.3 Å². The van der Waals surface area contributed by atoms with Crippen molar-refractivity contribution in [1.29, 1.82) is 0 Å². The van der Waals surface area contributed by atoms with Gasteiger partial charge in [0.1, 0.15) is 0 Å². The second-order valence-corrected chi connectivity index (χ2v) is 8.57. The SMILES string of the molecule is O=C(CSCc1ccc(Cl)cc1)Nc1ccc(NC(=O)c2cccs2)c(Cl)c1. The van der Waals surface area contributed by atoms with Crippen LogP contribution in [0, 0.1) is 0 Å². The van der Waals surface area contributed by atoms with E-state index in [1.54, 1.807) is 24.3 Å². The van der Waals surface area contributed by atoms with E-state index in [2.05, 4.69) is 10.6 Å². The number of carbonyl (C=O) groups is 2. The van der Waals surface area contributed by atoms with Gasteiger partial charge in [0.2, 0.25) is 5.91 Å². The van der Waals surface area contributed by atoms with E-state index in [0.29, 0.717) is 32.1 Å². The van der Waals surface area contributed by atoms with Crippen molar-refractivity contribution in [1.82, 2.24) is 0 Å². The molecule has 0 radical (unpaired) electrons. The van der Waals surface area contributed by atoms with Crippen LogP contribution >= 0.6 is 46.3 Å². The van der Waals surface area contributed by atoms with Gasteiger partial charge in [-0.25, -0.2) is 0 Å². The fraction of sp³-hybridized carbons (Fsp3) is 0.100. The number of benzene rings is 2. The quantitative estimate of drug-likeness (QED) is 0.451. The van der Waals surface area contributed by atoms with Gasteiger partial charge >= 0.3 is 0 Å². The van der Waals surface area contributed by atoms with Gasteiger partial charge in [0.25, 0.3) is 5.91 Å². The zero-order chi connectivity index (χ0) is 19.9. The van der Waals surface area contributed by atoms with Gasteiger partial charge in [-0.3, -0.25) is 9.59 Å². The summed E-state index contributed by atoms with van der Waals surface area (Å²) in [5, 5.41) is 8.46. The van der Waals surface area contributed by atoms with Crippen LogP contribution in [0.4, 0.5) is 11.4 Å². The maximum absolute atomic E-state index is 12.1. The molecule has 3 rings (SSSR count). The number of nitrogens with one attached hydrogen (secondary N) is 2. The van der Waals surface area contributed by atoms with Crippen molar-refractivity contribution in [3.05, 3.63) is 80.5 Å². The first-order valence-corrected chi connectivity index (χ1v) is 11.1. The molecule has 1 aromatic heterocycles. The van der Waals surface area contributed by atoms with Crippen LogP contribution in [0.2, 0.25) is 10.0 Å². The Labute approximate surface area is 181 Å². The highest BCUT2D eigenvalue weighted by Crippen LogP contribution is 2.26. The molecule has 0 aliphatic rings. The van der Waals surface area contributed by atoms with Gasteiger partial charge in [-0.15, -0.1) is 23.1 Å². The molecule has 2 amide bonds. The lowest BCUT2D eigenvalue weighted by Gasteiger charge is -2.10. The summed E-state index contributed by atoms with van der Waals surface area (Å²) in [4.78, 5) is 24.8. The first-order valence-electron chi connectivity index (χ1n) is 8.28. The number of anilines is 2. The van der Waals surface area contributed by atoms with Gasteiger partial charge in [0, 0.05) is 16.5 Å². The Morgan fingerprint density at radius 3 is 2.46 bits per heavy atom. The summed E-state index contributed by atoms with van der Waals surface area (Å²) in [5.41, 5.74) is 2.18. The number of amides is 2. The van der Waals surface area contributed by atoms with Crippen LogP contribution < -0.4 is 10.6 Å². The lowest BCUT2D eigenvalue weighted by atomic mass is 10.2. The number of hydrogen-bond donors (Lipinski definition) is 2. The average molecular weight is 451 g/mol. The van der Waals surface area contributed by atoms with Gasteiger partial charge in [-0.05, 0) is 47.3 Å². The van der Waals surface area contributed by atoms with Gasteiger partial charge in [0.15, 0.2) is 0 Å². The normalized spacial score (nSPS) is 10.5. The minimum atomic E-state index is -0.215. The molecule has 0 spiro atoms. The summed E-state index contributed by atoms with van der Waals surface area (Å²) in [5.74, 6) is 0.702. The maximum Gasteiger partial charge on any atom is 0.265 e. The van der Waals surface area contributed by atoms with E-state index in [9.17, 15) is 9.59 Å². The maximum atomic E-state index is 12.1. The number of thiophene rings is 1. The second-order valence-electron chi connectivity index (χ2n) is 5.79. The molecule has 0 aliphatic heterocycles. The Kier molecular flexibility index (Phi) is 7.39. The minimum Gasteiger partial charge on any atom is -0.325 e. The highest BCUT2D eigenvalue weighted by molar-refractivity contribution is 7.99. The van der Waals surface area contributed by atoms with Crippen molar-refractivity contribution in [2.75, 3.05) is 16.4 Å². The molecule has 0 unspecified atom stereocenters. The van der Waals surface area contributed by atoms with Crippen LogP contribution in [-0.4, -0.2) is 17.6 Å². The largest absolute Gasteiger partial charge is 0.325 e. The molecule has 0 fully saturated rings. The van der Waals surface area contributed by atoms with E-state index >= 15 is 0 Å². The number of halogens is 2.